The third-order valence-electron chi connectivity index (χ3n) is 1.16. The molecule has 3 nitrogen and oxygen atoms in total. The van der Waals surface area contributed by atoms with Crippen molar-refractivity contribution in [3.05, 3.63) is 30.3 Å². The summed E-state index contributed by atoms with van der Waals surface area (Å²) in [5.41, 5.74) is 4.89. The van der Waals surface area contributed by atoms with Crippen LogP contribution in [0.4, 0.5) is 4.39 Å². The zero-order chi connectivity index (χ0) is 8.27. The van der Waals surface area contributed by atoms with Gasteiger partial charge in [-0.25, -0.2) is 4.39 Å². The van der Waals surface area contributed by atoms with Crippen molar-refractivity contribution < 1.29 is 26.2 Å². The summed E-state index contributed by atoms with van der Waals surface area (Å²) >= 11 is 0. The second-order valence-corrected chi connectivity index (χ2v) is 2.16. The maximum Gasteiger partial charge on any atom is 0.283 e. The Morgan fingerprint density at radius 1 is 1.67 bits per heavy atom. The first kappa shape index (κ1) is 10.8. The molecule has 0 saturated carbocycles. The molecule has 0 saturated heterocycles. The molecular weight excluding hydrogens is 183 g/mol. The van der Waals surface area contributed by atoms with Crippen LogP contribution in [0.5, 0.6) is 0 Å². The number of rotatable bonds is 2. The lowest BCUT2D eigenvalue weighted by Crippen LogP contribution is -3.00. The lowest BCUT2D eigenvalue weighted by atomic mass is 10.4. The molecule has 0 aliphatic carbocycles. The Bertz CT molecular complexity index is 280. The van der Waals surface area contributed by atoms with E-state index in [-0.39, 0.29) is 24.8 Å². The van der Waals surface area contributed by atoms with Crippen LogP contribution in [0, 0.1) is 5.82 Å². The molecule has 0 unspecified atom stereocenters. The minimum atomic E-state index is -0.486. The van der Waals surface area contributed by atoms with E-state index in [0.29, 0.717) is 0 Å². The number of hydrogen-bond acceptors (Lipinski definition) is 1. The van der Waals surface area contributed by atoms with Crippen LogP contribution < -0.4 is 22.7 Å². The number of nitrogens with two attached hydrogens (primary N) is 1. The Labute approximate surface area is 75.4 Å². The fourth-order valence-corrected chi connectivity index (χ4v) is 0.768. The van der Waals surface area contributed by atoms with Gasteiger partial charge in [-0.15, -0.1) is 0 Å². The minimum Gasteiger partial charge on any atom is -1.00 e. The van der Waals surface area contributed by atoms with Crippen molar-refractivity contribution in [2.24, 2.45) is 5.73 Å². The van der Waals surface area contributed by atoms with Crippen LogP contribution in [0.2, 0.25) is 0 Å². The molecule has 0 spiro atoms. The van der Waals surface area contributed by atoms with E-state index in [1.54, 1.807) is 6.20 Å². The molecule has 0 aliphatic rings. The fourth-order valence-electron chi connectivity index (χ4n) is 0.768. The number of halogens is 2. The number of amides is 1. The van der Waals surface area contributed by atoms with Gasteiger partial charge in [-0.2, -0.15) is 4.57 Å². The summed E-state index contributed by atoms with van der Waals surface area (Å²) in [4.78, 5) is 10.4. The van der Waals surface area contributed by atoms with Crippen molar-refractivity contribution in [2.75, 3.05) is 0 Å². The third kappa shape index (κ3) is 3.30. The van der Waals surface area contributed by atoms with Crippen molar-refractivity contribution in [2.45, 2.75) is 6.54 Å². The van der Waals surface area contributed by atoms with E-state index in [2.05, 4.69) is 0 Å². The summed E-state index contributed by atoms with van der Waals surface area (Å²) in [5.74, 6) is -0.866. The van der Waals surface area contributed by atoms with Gasteiger partial charge in [-0.05, 0) is 6.07 Å². The lowest BCUT2D eigenvalue weighted by molar-refractivity contribution is -0.685. The zero-order valence-corrected chi connectivity index (χ0v) is 6.96. The van der Waals surface area contributed by atoms with Crippen LogP contribution in [0.3, 0.4) is 0 Å². The highest BCUT2D eigenvalue weighted by Crippen LogP contribution is 1.88. The molecule has 1 aromatic heterocycles. The number of primary amides is 1. The fraction of sp³-hybridized carbons (Fsp3) is 0.143. The van der Waals surface area contributed by atoms with E-state index in [4.69, 9.17) is 5.73 Å². The van der Waals surface area contributed by atoms with Gasteiger partial charge in [0.05, 0.1) is 0 Å². The van der Waals surface area contributed by atoms with Crippen LogP contribution in [0.15, 0.2) is 24.5 Å². The lowest BCUT2D eigenvalue weighted by Gasteiger charge is -1.90. The molecule has 5 heteroatoms. The van der Waals surface area contributed by atoms with Gasteiger partial charge in [0, 0.05) is 6.07 Å². The molecule has 66 valence electrons. The SMILES string of the molecule is NC(=O)C[n+]1cccc(F)c1.[Cl-]. The van der Waals surface area contributed by atoms with Gasteiger partial charge in [-0.3, -0.25) is 4.79 Å². The number of carbonyl (C=O) groups excluding carboxylic acids is 1. The number of nitrogens with zero attached hydrogens (tertiary/aromatic N) is 1. The average molecular weight is 191 g/mol. The van der Waals surface area contributed by atoms with Crippen molar-refractivity contribution >= 4 is 5.91 Å². The van der Waals surface area contributed by atoms with Gasteiger partial charge in [0.2, 0.25) is 12.7 Å². The largest absolute Gasteiger partial charge is 1.00 e. The van der Waals surface area contributed by atoms with E-state index < -0.39 is 5.91 Å². The van der Waals surface area contributed by atoms with Crippen molar-refractivity contribution in [1.82, 2.24) is 0 Å². The Morgan fingerprint density at radius 3 is 2.83 bits per heavy atom. The second-order valence-electron chi connectivity index (χ2n) is 2.16. The number of pyridine rings is 1. The summed E-state index contributed by atoms with van der Waals surface area (Å²) in [5, 5.41) is 0. The summed E-state index contributed by atoms with van der Waals surface area (Å²) in [6, 6.07) is 2.82. The molecule has 12 heavy (non-hydrogen) atoms. The molecular formula is C7H8ClFN2O. The van der Waals surface area contributed by atoms with Crippen molar-refractivity contribution in [3.8, 4) is 0 Å². The molecule has 0 aliphatic heterocycles. The van der Waals surface area contributed by atoms with Crippen molar-refractivity contribution in [3.63, 3.8) is 0 Å². The van der Waals surface area contributed by atoms with Crippen molar-refractivity contribution in [1.29, 1.82) is 0 Å². The quantitative estimate of drug-likeness (QED) is 0.486. The Kier molecular flexibility index (Phi) is 4.21. The Hall–Kier alpha value is -1.16. The van der Waals surface area contributed by atoms with Gasteiger partial charge in [0.1, 0.15) is 0 Å². The highest BCUT2D eigenvalue weighted by atomic mass is 35.5. The van der Waals surface area contributed by atoms with Crippen LogP contribution in [0.25, 0.3) is 0 Å². The van der Waals surface area contributed by atoms with Gasteiger partial charge >= 0.3 is 0 Å². The molecule has 0 atom stereocenters. The molecule has 0 bridgehead atoms. The number of carbonyl (C=O) groups is 1. The predicted octanol–water partition coefficient (Wildman–Crippen LogP) is -3.40. The van der Waals surface area contributed by atoms with Crippen LogP contribution >= 0.6 is 0 Å². The zero-order valence-electron chi connectivity index (χ0n) is 6.21. The highest BCUT2D eigenvalue weighted by molar-refractivity contribution is 5.72. The first-order valence-corrected chi connectivity index (χ1v) is 3.11. The van der Waals surface area contributed by atoms with Gasteiger partial charge in [0.25, 0.3) is 5.91 Å². The van der Waals surface area contributed by atoms with E-state index in [9.17, 15) is 9.18 Å². The van der Waals surface area contributed by atoms with Gasteiger partial charge in [0.15, 0.2) is 12.0 Å². The molecule has 1 heterocycles. The molecule has 0 aromatic carbocycles. The molecule has 1 rings (SSSR count). The molecule has 1 amide bonds. The molecule has 1 aromatic rings. The topological polar surface area (TPSA) is 47.0 Å². The van der Waals surface area contributed by atoms with Gasteiger partial charge < -0.3 is 18.1 Å². The first-order chi connectivity index (χ1) is 5.18. The van der Waals surface area contributed by atoms with Gasteiger partial charge in [-0.1, -0.05) is 0 Å². The standard InChI is InChI=1S/C7H7FN2O.ClH/c8-6-2-1-3-10(4-6)5-7(9)11;/h1-4H,5H2,(H-,9,11);1H. The summed E-state index contributed by atoms with van der Waals surface area (Å²) < 4.78 is 13.8. The highest BCUT2D eigenvalue weighted by Gasteiger charge is 2.04. The molecule has 0 radical (unpaired) electrons. The van der Waals surface area contributed by atoms with Crippen LogP contribution in [-0.2, 0) is 11.3 Å². The number of hydrogen-bond donors (Lipinski definition) is 1. The van der Waals surface area contributed by atoms with E-state index >= 15 is 0 Å². The molecule has 0 fully saturated rings. The van der Waals surface area contributed by atoms with Crippen LogP contribution in [-0.4, -0.2) is 5.91 Å². The third-order valence-corrected chi connectivity index (χ3v) is 1.16. The predicted molar refractivity (Wildman–Crippen MR) is 35.8 cm³/mol. The van der Waals surface area contributed by atoms with E-state index in [1.807, 2.05) is 0 Å². The smallest absolute Gasteiger partial charge is 0.283 e. The maximum absolute atomic E-state index is 12.4. The summed E-state index contributed by atoms with van der Waals surface area (Å²) in [6.07, 6.45) is 2.79. The van der Waals surface area contributed by atoms with E-state index in [0.717, 1.165) is 0 Å². The first-order valence-electron chi connectivity index (χ1n) is 3.11. The summed E-state index contributed by atoms with van der Waals surface area (Å²) in [6.45, 7) is 0.0117. The number of aromatic nitrogens is 1. The molecule has 2 N–H and O–H groups in total. The monoisotopic (exact) mass is 190 g/mol. The maximum atomic E-state index is 12.4. The normalized spacial score (nSPS) is 8.75. The van der Waals surface area contributed by atoms with E-state index in [1.165, 1.54) is 22.9 Å². The summed E-state index contributed by atoms with van der Waals surface area (Å²) in [7, 11) is 0. The second kappa shape index (κ2) is 4.66. The van der Waals surface area contributed by atoms with Crippen LogP contribution in [0.1, 0.15) is 0 Å². The Balaban J connectivity index is 0.00000121. The Morgan fingerprint density at radius 2 is 2.33 bits per heavy atom. The average Bonchev–Trinajstić information content (AvgIpc) is 1.85. The minimum absolute atomic E-state index is 0.